The highest BCUT2D eigenvalue weighted by Gasteiger charge is 2.15. The lowest BCUT2D eigenvalue weighted by Crippen LogP contribution is -2.38. The number of anilines is 1. The van der Waals surface area contributed by atoms with Gasteiger partial charge in [0.05, 0.1) is 5.92 Å². The van der Waals surface area contributed by atoms with Crippen LogP contribution in [0, 0.1) is 5.92 Å². The molecule has 0 aliphatic carbocycles. The van der Waals surface area contributed by atoms with Gasteiger partial charge < -0.3 is 16.0 Å². The monoisotopic (exact) mass is 423 g/mol. The van der Waals surface area contributed by atoms with Crippen LogP contribution in [0.15, 0.2) is 48.5 Å². The van der Waals surface area contributed by atoms with Gasteiger partial charge in [-0.05, 0) is 53.5 Å². The van der Waals surface area contributed by atoms with Crippen LogP contribution < -0.4 is 16.0 Å². The standard InChI is InChI=1S/C26H37N3O2/c1-18(2)17-20-7-9-21(10-8-20)19(3)24(30)27-15-16-28-25(31)29-23-13-11-22(12-14-23)26(4,5)6/h7-14,18-19H,15-17H2,1-6H3,(H,27,30)(H2,28,29,31). The van der Waals surface area contributed by atoms with Gasteiger partial charge in [0.25, 0.3) is 0 Å². The molecule has 0 aliphatic rings. The number of hydrogen-bond donors (Lipinski definition) is 3. The molecule has 0 bridgehead atoms. The molecule has 0 fully saturated rings. The number of urea groups is 1. The van der Waals surface area contributed by atoms with Crippen LogP contribution in [0.25, 0.3) is 0 Å². The molecule has 3 amide bonds. The minimum atomic E-state index is -0.286. The lowest BCUT2D eigenvalue weighted by molar-refractivity contribution is -0.122. The van der Waals surface area contributed by atoms with E-state index in [0.29, 0.717) is 19.0 Å². The highest BCUT2D eigenvalue weighted by atomic mass is 16.2. The third kappa shape index (κ3) is 8.08. The van der Waals surface area contributed by atoms with E-state index in [1.165, 1.54) is 11.1 Å². The van der Waals surface area contributed by atoms with Crippen molar-refractivity contribution in [3.63, 3.8) is 0 Å². The molecule has 3 N–H and O–H groups in total. The smallest absolute Gasteiger partial charge is 0.319 e. The summed E-state index contributed by atoms with van der Waals surface area (Å²) in [7, 11) is 0. The number of carbonyl (C=O) groups excluding carboxylic acids is 2. The van der Waals surface area contributed by atoms with E-state index in [2.05, 4.69) is 62.7 Å². The van der Waals surface area contributed by atoms with E-state index < -0.39 is 0 Å². The molecule has 5 heteroatoms. The lowest BCUT2D eigenvalue weighted by atomic mass is 9.87. The zero-order valence-corrected chi connectivity index (χ0v) is 19.7. The summed E-state index contributed by atoms with van der Waals surface area (Å²) in [4.78, 5) is 24.5. The zero-order chi connectivity index (χ0) is 23.0. The van der Waals surface area contributed by atoms with Crippen LogP contribution in [0.4, 0.5) is 10.5 Å². The van der Waals surface area contributed by atoms with Crippen LogP contribution in [0.2, 0.25) is 0 Å². The van der Waals surface area contributed by atoms with Gasteiger partial charge in [0, 0.05) is 18.8 Å². The molecule has 2 aromatic rings. The minimum absolute atomic E-state index is 0.0448. The first-order valence-electron chi connectivity index (χ1n) is 11.1. The first-order chi connectivity index (χ1) is 14.6. The van der Waals surface area contributed by atoms with E-state index in [1.807, 2.05) is 43.3 Å². The highest BCUT2D eigenvalue weighted by molar-refractivity contribution is 5.89. The zero-order valence-electron chi connectivity index (χ0n) is 19.7. The highest BCUT2D eigenvalue weighted by Crippen LogP contribution is 2.23. The fourth-order valence-electron chi connectivity index (χ4n) is 3.31. The van der Waals surface area contributed by atoms with Gasteiger partial charge >= 0.3 is 6.03 Å². The van der Waals surface area contributed by atoms with Gasteiger partial charge in [-0.3, -0.25) is 4.79 Å². The Hall–Kier alpha value is -2.82. The van der Waals surface area contributed by atoms with Crippen molar-refractivity contribution in [3.8, 4) is 0 Å². The molecule has 1 unspecified atom stereocenters. The first kappa shape index (κ1) is 24.4. The van der Waals surface area contributed by atoms with E-state index in [1.54, 1.807) is 0 Å². The molecule has 168 valence electrons. The number of hydrogen-bond acceptors (Lipinski definition) is 2. The average Bonchev–Trinajstić information content (AvgIpc) is 2.70. The van der Waals surface area contributed by atoms with Gasteiger partial charge in [0.2, 0.25) is 5.91 Å². The normalized spacial score (nSPS) is 12.4. The van der Waals surface area contributed by atoms with Crippen LogP contribution in [-0.4, -0.2) is 25.0 Å². The molecule has 31 heavy (non-hydrogen) atoms. The van der Waals surface area contributed by atoms with E-state index >= 15 is 0 Å². The quantitative estimate of drug-likeness (QED) is 0.509. The summed E-state index contributed by atoms with van der Waals surface area (Å²) >= 11 is 0. The summed E-state index contributed by atoms with van der Waals surface area (Å²) in [6, 6.07) is 15.8. The van der Waals surface area contributed by atoms with Crippen molar-refractivity contribution in [1.29, 1.82) is 0 Å². The Balaban J connectivity index is 1.72. The molecule has 0 aliphatic heterocycles. The Morgan fingerprint density at radius 2 is 1.42 bits per heavy atom. The number of amides is 3. The Morgan fingerprint density at radius 3 is 1.97 bits per heavy atom. The topological polar surface area (TPSA) is 70.2 Å². The third-order valence-corrected chi connectivity index (χ3v) is 5.24. The second-order valence-corrected chi connectivity index (χ2v) is 9.56. The fourth-order valence-corrected chi connectivity index (χ4v) is 3.31. The maximum Gasteiger partial charge on any atom is 0.319 e. The largest absolute Gasteiger partial charge is 0.354 e. The van der Waals surface area contributed by atoms with Crippen LogP contribution in [-0.2, 0) is 16.6 Å². The minimum Gasteiger partial charge on any atom is -0.354 e. The van der Waals surface area contributed by atoms with Crippen LogP contribution in [0.1, 0.15) is 64.2 Å². The van der Waals surface area contributed by atoms with Crippen LogP contribution >= 0.6 is 0 Å². The van der Waals surface area contributed by atoms with Crippen molar-refractivity contribution in [2.24, 2.45) is 5.92 Å². The molecular weight excluding hydrogens is 386 g/mol. The molecular formula is C26H37N3O2. The Bertz CT molecular complexity index is 850. The van der Waals surface area contributed by atoms with E-state index in [-0.39, 0.29) is 23.3 Å². The predicted octanol–water partition coefficient (Wildman–Crippen LogP) is 5.22. The summed E-state index contributed by atoms with van der Waals surface area (Å²) in [6.45, 7) is 13.5. The van der Waals surface area contributed by atoms with Gasteiger partial charge in [-0.2, -0.15) is 0 Å². The molecule has 2 aromatic carbocycles. The average molecular weight is 424 g/mol. The van der Waals surface area contributed by atoms with Crippen molar-refractivity contribution < 1.29 is 9.59 Å². The van der Waals surface area contributed by atoms with Crippen LogP contribution in [0.5, 0.6) is 0 Å². The molecule has 0 aromatic heterocycles. The second-order valence-electron chi connectivity index (χ2n) is 9.56. The molecule has 0 radical (unpaired) electrons. The van der Waals surface area contributed by atoms with Gasteiger partial charge in [0.15, 0.2) is 0 Å². The Morgan fingerprint density at radius 1 is 0.839 bits per heavy atom. The van der Waals surface area contributed by atoms with E-state index in [0.717, 1.165) is 17.7 Å². The second kappa shape index (κ2) is 11.0. The summed E-state index contributed by atoms with van der Waals surface area (Å²) in [6.07, 6.45) is 1.04. The molecule has 2 rings (SSSR count). The van der Waals surface area contributed by atoms with E-state index in [9.17, 15) is 9.59 Å². The third-order valence-electron chi connectivity index (χ3n) is 5.24. The van der Waals surface area contributed by atoms with Crippen LogP contribution in [0.3, 0.4) is 0 Å². The summed E-state index contributed by atoms with van der Waals surface area (Å²) < 4.78 is 0. The lowest BCUT2D eigenvalue weighted by Gasteiger charge is -2.19. The van der Waals surface area contributed by atoms with Gasteiger partial charge in [-0.1, -0.05) is 71.0 Å². The van der Waals surface area contributed by atoms with E-state index in [4.69, 9.17) is 0 Å². The summed E-state index contributed by atoms with van der Waals surface area (Å²) in [5.41, 5.74) is 4.31. The van der Waals surface area contributed by atoms with Crippen molar-refractivity contribution in [3.05, 3.63) is 65.2 Å². The number of nitrogens with one attached hydrogen (secondary N) is 3. The summed E-state index contributed by atoms with van der Waals surface area (Å²) in [5.74, 6) is 0.332. The number of rotatable bonds is 8. The maximum atomic E-state index is 12.4. The first-order valence-corrected chi connectivity index (χ1v) is 11.1. The van der Waals surface area contributed by atoms with Gasteiger partial charge in [-0.25, -0.2) is 4.79 Å². The maximum absolute atomic E-state index is 12.4. The van der Waals surface area contributed by atoms with Gasteiger partial charge in [0.1, 0.15) is 0 Å². The van der Waals surface area contributed by atoms with Crippen molar-refractivity contribution in [2.45, 2.75) is 59.3 Å². The van der Waals surface area contributed by atoms with Crippen molar-refractivity contribution in [1.82, 2.24) is 10.6 Å². The molecule has 0 heterocycles. The summed E-state index contributed by atoms with van der Waals surface area (Å²) in [5, 5.41) is 8.47. The Kier molecular flexibility index (Phi) is 8.66. The molecule has 1 atom stereocenters. The van der Waals surface area contributed by atoms with Crippen molar-refractivity contribution in [2.75, 3.05) is 18.4 Å². The number of benzene rings is 2. The van der Waals surface area contributed by atoms with Crippen molar-refractivity contribution >= 4 is 17.6 Å². The number of carbonyl (C=O) groups is 2. The fraction of sp³-hybridized carbons (Fsp3) is 0.462. The SMILES string of the molecule is CC(C)Cc1ccc(C(C)C(=O)NCCNC(=O)Nc2ccc(C(C)(C)C)cc2)cc1. The Labute approximate surface area is 187 Å². The molecule has 0 saturated carbocycles. The molecule has 0 spiro atoms. The molecule has 5 nitrogen and oxygen atoms in total. The predicted molar refractivity (Wildman–Crippen MR) is 129 cm³/mol. The van der Waals surface area contributed by atoms with Gasteiger partial charge in [-0.15, -0.1) is 0 Å². The molecule has 0 saturated heterocycles.